The summed E-state index contributed by atoms with van der Waals surface area (Å²) in [5, 5.41) is 2.88. The van der Waals surface area contributed by atoms with Crippen molar-refractivity contribution < 1.29 is 9.59 Å². The molecule has 0 atom stereocenters. The second-order valence-corrected chi connectivity index (χ2v) is 6.26. The van der Waals surface area contributed by atoms with Gasteiger partial charge in [-0.1, -0.05) is 18.2 Å². The van der Waals surface area contributed by atoms with E-state index in [9.17, 15) is 9.59 Å². The molecule has 0 aliphatic rings. The van der Waals surface area contributed by atoms with Gasteiger partial charge in [-0.2, -0.15) is 0 Å². The Morgan fingerprint density at radius 3 is 2.14 bits per heavy atom. The lowest BCUT2D eigenvalue weighted by Gasteiger charge is -2.24. The Labute approximate surface area is 126 Å². The molecule has 0 fully saturated rings. The van der Waals surface area contributed by atoms with Crippen LogP contribution >= 0.6 is 0 Å². The minimum Gasteiger partial charge on any atom is -0.350 e. The van der Waals surface area contributed by atoms with Gasteiger partial charge in [0, 0.05) is 18.3 Å². The molecule has 0 spiro atoms. The summed E-state index contributed by atoms with van der Waals surface area (Å²) in [4.78, 5) is 27.3. The van der Waals surface area contributed by atoms with Gasteiger partial charge in [0.05, 0.1) is 13.1 Å². The van der Waals surface area contributed by atoms with Gasteiger partial charge in [0.25, 0.3) is 0 Å². The van der Waals surface area contributed by atoms with E-state index in [1.54, 1.807) is 23.9 Å². The Hall–Kier alpha value is -1.88. The van der Waals surface area contributed by atoms with Gasteiger partial charge in [-0.15, -0.1) is 0 Å². The molecule has 1 aromatic rings. The van der Waals surface area contributed by atoms with Crippen molar-refractivity contribution in [1.29, 1.82) is 0 Å². The lowest BCUT2D eigenvalue weighted by Crippen LogP contribution is -2.47. The highest BCUT2D eigenvalue weighted by Crippen LogP contribution is 2.11. The number of likely N-dealkylation sites (N-methyl/N-ethyl adjacent to an activating group) is 2. The highest BCUT2D eigenvalue weighted by Gasteiger charge is 2.18. The number of hydrogen-bond donors (Lipinski definition) is 1. The Balaban J connectivity index is 2.49. The maximum atomic E-state index is 12.2. The molecule has 0 heterocycles. The number of carbonyl (C=O) groups excluding carboxylic acids is 2. The molecule has 0 saturated heterocycles. The normalized spacial score (nSPS) is 11.3. The number of anilines is 1. The van der Waals surface area contributed by atoms with Crippen molar-refractivity contribution in [3.8, 4) is 0 Å². The molecular formula is C16H25N3O2. The standard InChI is InChI=1S/C16H25N3O2/c1-16(2,3)17-14(20)11-18(4)12-15(21)19(5)13-9-7-6-8-10-13/h6-10H,11-12H2,1-5H3,(H,17,20). The van der Waals surface area contributed by atoms with Crippen LogP contribution in [0.2, 0.25) is 0 Å². The van der Waals surface area contributed by atoms with Gasteiger partial charge < -0.3 is 10.2 Å². The molecule has 0 aliphatic carbocycles. The van der Waals surface area contributed by atoms with Crippen molar-refractivity contribution >= 4 is 17.5 Å². The third-order valence-electron chi connectivity index (χ3n) is 2.85. The van der Waals surface area contributed by atoms with Gasteiger partial charge in [-0.05, 0) is 40.0 Å². The molecule has 0 aliphatic heterocycles. The third-order valence-corrected chi connectivity index (χ3v) is 2.85. The fraction of sp³-hybridized carbons (Fsp3) is 0.500. The van der Waals surface area contributed by atoms with Gasteiger partial charge in [-0.3, -0.25) is 14.5 Å². The van der Waals surface area contributed by atoms with Crippen molar-refractivity contribution in [2.75, 3.05) is 32.1 Å². The summed E-state index contributed by atoms with van der Waals surface area (Å²) in [6, 6.07) is 9.44. The first-order chi connectivity index (χ1) is 9.69. The summed E-state index contributed by atoms with van der Waals surface area (Å²) in [5.74, 6) is -0.132. The van der Waals surface area contributed by atoms with Gasteiger partial charge in [-0.25, -0.2) is 0 Å². The highest BCUT2D eigenvalue weighted by atomic mass is 16.2. The summed E-state index contributed by atoms with van der Waals surface area (Å²) in [5.41, 5.74) is 0.581. The quantitative estimate of drug-likeness (QED) is 0.894. The fourth-order valence-electron chi connectivity index (χ4n) is 1.89. The van der Waals surface area contributed by atoms with Crippen LogP contribution in [0.1, 0.15) is 20.8 Å². The maximum Gasteiger partial charge on any atom is 0.240 e. The SMILES string of the molecule is CN(CC(=O)NC(C)(C)C)CC(=O)N(C)c1ccccc1. The summed E-state index contributed by atoms with van der Waals surface area (Å²) >= 11 is 0. The number of nitrogens with one attached hydrogen (secondary N) is 1. The van der Waals surface area contributed by atoms with E-state index >= 15 is 0 Å². The second kappa shape index (κ2) is 7.22. The second-order valence-electron chi connectivity index (χ2n) is 6.26. The van der Waals surface area contributed by atoms with Crippen LogP contribution in [-0.2, 0) is 9.59 Å². The molecule has 0 unspecified atom stereocenters. The van der Waals surface area contributed by atoms with Gasteiger partial charge in [0.15, 0.2) is 0 Å². The van der Waals surface area contributed by atoms with Crippen molar-refractivity contribution in [3.05, 3.63) is 30.3 Å². The van der Waals surface area contributed by atoms with Crippen molar-refractivity contribution in [2.45, 2.75) is 26.3 Å². The third kappa shape index (κ3) is 6.40. The topological polar surface area (TPSA) is 52.7 Å². The van der Waals surface area contributed by atoms with E-state index in [0.29, 0.717) is 0 Å². The minimum atomic E-state index is -0.261. The number of carbonyl (C=O) groups is 2. The van der Waals surface area contributed by atoms with Crippen molar-refractivity contribution in [3.63, 3.8) is 0 Å². The monoisotopic (exact) mass is 291 g/mol. The molecule has 0 bridgehead atoms. The lowest BCUT2D eigenvalue weighted by atomic mass is 10.1. The molecule has 2 amide bonds. The maximum absolute atomic E-state index is 12.2. The van der Waals surface area contributed by atoms with Crippen LogP contribution in [0.3, 0.4) is 0 Å². The zero-order valence-electron chi connectivity index (χ0n) is 13.5. The number of benzene rings is 1. The van der Waals surface area contributed by atoms with E-state index in [2.05, 4.69) is 5.32 Å². The molecule has 116 valence electrons. The smallest absolute Gasteiger partial charge is 0.240 e. The van der Waals surface area contributed by atoms with E-state index in [4.69, 9.17) is 0 Å². The van der Waals surface area contributed by atoms with Crippen molar-refractivity contribution in [2.24, 2.45) is 0 Å². The molecule has 1 N–H and O–H groups in total. The van der Waals surface area contributed by atoms with E-state index in [1.165, 1.54) is 0 Å². The molecule has 21 heavy (non-hydrogen) atoms. The minimum absolute atomic E-state index is 0.0488. The summed E-state index contributed by atoms with van der Waals surface area (Å²) in [6.07, 6.45) is 0. The molecule has 5 nitrogen and oxygen atoms in total. The molecule has 1 aromatic carbocycles. The first-order valence-corrected chi connectivity index (χ1v) is 7.00. The van der Waals surface area contributed by atoms with E-state index in [0.717, 1.165) is 5.69 Å². The number of para-hydroxylation sites is 1. The van der Waals surface area contributed by atoms with E-state index < -0.39 is 0 Å². The lowest BCUT2D eigenvalue weighted by molar-refractivity contribution is -0.124. The molecule has 0 saturated carbocycles. The predicted octanol–water partition coefficient (Wildman–Crippen LogP) is 1.50. The van der Waals surface area contributed by atoms with Crippen LogP contribution < -0.4 is 10.2 Å². The van der Waals surface area contributed by atoms with Gasteiger partial charge in [0.1, 0.15) is 0 Å². The summed E-state index contributed by atoms with van der Waals surface area (Å²) in [6.45, 7) is 6.19. The van der Waals surface area contributed by atoms with Crippen LogP contribution in [-0.4, -0.2) is 49.4 Å². The number of hydrogen-bond acceptors (Lipinski definition) is 3. The zero-order chi connectivity index (χ0) is 16.0. The largest absolute Gasteiger partial charge is 0.350 e. The Morgan fingerprint density at radius 2 is 1.62 bits per heavy atom. The Kier molecular flexibility index (Phi) is 5.90. The molecule has 0 radical (unpaired) electrons. The number of amides is 2. The fourth-order valence-corrected chi connectivity index (χ4v) is 1.89. The Bertz CT molecular complexity index is 480. The molecule has 0 aromatic heterocycles. The summed E-state index contributed by atoms with van der Waals surface area (Å²) < 4.78 is 0. The first-order valence-electron chi connectivity index (χ1n) is 7.00. The van der Waals surface area contributed by atoms with Crippen LogP contribution in [0.4, 0.5) is 5.69 Å². The Morgan fingerprint density at radius 1 is 1.05 bits per heavy atom. The van der Waals surface area contributed by atoms with Crippen LogP contribution in [0.15, 0.2) is 30.3 Å². The van der Waals surface area contributed by atoms with Crippen LogP contribution in [0, 0.1) is 0 Å². The molecule has 1 rings (SSSR count). The summed E-state index contributed by atoms with van der Waals surface area (Å²) in [7, 11) is 3.50. The highest BCUT2D eigenvalue weighted by molar-refractivity contribution is 5.94. The first kappa shape index (κ1) is 17.2. The van der Waals surface area contributed by atoms with E-state index in [-0.39, 0.29) is 30.4 Å². The number of nitrogens with zero attached hydrogens (tertiary/aromatic N) is 2. The van der Waals surface area contributed by atoms with Gasteiger partial charge >= 0.3 is 0 Å². The predicted molar refractivity (Wildman–Crippen MR) is 85.2 cm³/mol. The number of rotatable bonds is 5. The average molecular weight is 291 g/mol. The van der Waals surface area contributed by atoms with Crippen molar-refractivity contribution in [1.82, 2.24) is 10.2 Å². The van der Waals surface area contributed by atoms with Gasteiger partial charge in [0.2, 0.25) is 11.8 Å². The van der Waals surface area contributed by atoms with Crippen LogP contribution in [0.25, 0.3) is 0 Å². The molecule has 5 heteroatoms. The van der Waals surface area contributed by atoms with E-state index in [1.807, 2.05) is 51.1 Å². The average Bonchev–Trinajstić information content (AvgIpc) is 2.36. The zero-order valence-corrected chi connectivity index (χ0v) is 13.5. The molecular weight excluding hydrogens is 266 g/mol. The van der Waals surface area contributed by atoms with Crippen LogP contribution in [0.5, 0.6) is 0 Å².